The molecule has 2 heteroatoms. The maximum Gasteiger partial charge on any atom is 0.0514 e. The van der Waals surface area contributed by atoms with Crippen molar-refractivity contribution < 1.29 is 10.2 Å². The molecule has 0 aliphatic heterocycles. The molecule has 0 saturated heterocycles. The van der Waals surface area contributed by atoms with Crippen LogP contribution < -0.4 is 0 Å². The summed E-state index contributed by atoms with van der Waals surface area (Å²) in [5.41, 5.74) is 0. The molecule has 0 bridgehead atoms. The summed E-state index contributed by atoms with van der Waals surface area (Å²) in [6, 6.07) is 0. The van der Waals surface area contributed by atoms with Crippen molar-refractivity contribution in [2.45, 2.75) is 78.4 Å². The SMILES string of the molecule is CCC(CCC(CC)CC(C)O)CC(C)O. The van der Waals surface area contributed by atoms with Gasteiger partial charge in [-0.2, -0.15) is 0 Å². The first kappa shape index (κ1) is 15.9. The second-order valence-electron chi connectivity index (χ2n) is 5.30. The lowest BCUT2D eigenvalue weighted by molar-refractivity contribution is 0.139. The highest BCUT2D eigenvalue weighted by atomic mass is 16.3. The van der Waals surface area contributed by atoms with E-state index in [1.807, 2.05) is 13.8 Å². The molecule has 4 atom stereocenters. The molecule has 0 rings (SSSR count). The summed E-state index contributed by atoms with van der Waals surface area (Å²) in [5.74, 6) is 1.28. The third-order valence-electron chi connectivity index (χ3n) is 3.49. The lowest BCUT2D eigenvalue weighted by atomic mass is 9.87. The van der Waals surface area contributed by atoms with Crippen molar-refractivity contribution in [1.29, 1.82) is 0 Å². The summed E-state index contributed by atoms with van der Waals surface area (Å²) in [5, 5.41) is 18.8. The van der Waals surface area contributed by atoms with Gasteiger partial charge in [-0.1, -0.05) is 39.5 Å². The molecule has 0 aromatic heterocycles. The molecular formula is C14H30O2. The Morgan fingerprint density at radius 3 is 1.25 bits per heavy atom. The van der Waals surface area contributed by atoms with Gasteiger partial charge >= 0.3 is 0 Å². The molecule has 98 valence electrons. The first-order valence-electron chi connectivity index (χ1n) is 6.85. The van der Waals surface area contributed by atoms with Gasteiger partial charge in [-0.3, -0.25) is 0 Å². The van der Waals surface area contributed by atoms with E-state index in [4.69, 9.17) is 0 Å². The molecule has 0 aromatic carbocycles. The molecule has 4 unspecified atom stereocenters. The summed E-state index contributed by atoms with van der Waals surface area (Å²) in [6.45, 7) is 8.14. The second-order valence-corrected chi connectivity index (χ2v) is 5.30. The number of aliphatic hydroxyl groups is 2. The van der Waals surface area contributed by atoms with Crippen molar-refractivity contribution in [2.75, 3.05) is 0 Å². The third-order valence-corrected chi connectivity index (χ3v) is 3.49. The third kappa shape index (κ3) is 8.12. The highest BCUT2D eigenvalue weighted by Crippen LogP contribution is 2.24. The minimum atomic E-state index is -0.179. The Morgan fingerprint density at radius 2 is 1.06 bits per heavy atom. The molecule has 0 fully saturated rings. The van der Waals surface area contributed by atoms with Gasteiger partial charge in [0, 0.05) is 0 Å². The standard InChI is InChI=1S/C14H30O2/c1-5-13(9-11(3)15)7-8-14(6-2)10-12(4)16/h11-16H,5-10H2,1-4H3. The first-order valence-corrected chi connectivity index (χ1v) is 6.85. The van der Waals surface area contributed by atoms with Crippen molar-refractivity contribution >= 4 is 0 Å². The van der Waals surface area contributed by atoms with Gasteiger partial charge in [-0.25, -0.2) is 0 Å². The van der Waals surface area contributed by atoms with Crippen molar-refractivity contribution in [1.82, 2.24) is 0 Å². The summed E-state index contributed by atoms with van der Waals surface area (Å²) < 4.78 is 0. The predicted molar refractivity (Wildman–Crippen MR) is 69.4 cm³/mol. The predicted octanol–water partition coefficient (Wildman–Crippen LogP) is 3.36. The normalized spacial score (nSPS) is 19.1. The molecule has 0 amide bonds. The molecule has 0 aromatic rings. The quantitative estimate of drug-likeness (QED) is 0.637. The van der Waals surface area contributed by atoms with Crippen LogP contribution in [-0.2, 0) is 0 Å². The molecule has 0 radical (unpaired) electrons. The van der Waals surface area contributed by atoms with E-state index in [1.54, 1.807) is 0 Å². The first-order chi connectivity index (χ1) is 7.49. The molecule has 2 N–H and O–H groups in total. The maximum atomic E-state index is 9.38. The van der Waals surface area contributed by atoms with E-state index in [1.165, 1.54) is 12.8 Å². The van der Waals surface area contributed by atoms with Gasteiger partial charge in [-0.05, 0) is 38.5 Å². The number of hydrogen-bond donors (Lipinski definition) is 2. The minimum absolute atomic E-state index is 0.179. The molecule has 0 aliphatic rings. The zero-order valence-electron chi connectivity index (χ0n) is 11.4. The van der Waals surface area contributed by atoms with Gasteiger partial charge < -0.3 is 10.2 Å². The van der Waals surface area contributed by atoms with Gasteiger partial charge in [0.2, 0.25) is 0 Å². The molecule has 0 aliphatic carbocycles. The van der Waals surface area contributed by atoms with E-state index in [2.05, 4.69) is 13.8 Å². The molecule has 2 nitrogen and oxygen atoms in total. The second kappa shape index (κ2) is 9.00. The average Bonchev–Trinajstić information content (AvgIpc) is 2.20. The fourth-order valence-electron chi connectivity index (χ4n) is 2.41. The molecule has 0 heterocycles. The van der Waals surface area contributed by atoms with Gasteiger partial charge in [0.1, 0.15) is 0 Å². The highest BCUT2D eigenvalue weighted by Gasteiger charge is 2.14. The van der Waals surface area contributed by atoms with Gasteiger partial charge in [0.15, 0.2) is 0 Å². The Hall–Kier alpha value is -0.0800. The molecule has 0 saturated carbocycles. The van der Waals surface area contributed by atoms with Crippen LogP contribution >= 0.6 is 0 Å². The van der Waals surface area contributed by atoms with Gasteiger partial charge in [-0.15, -0.1) is 0 Å². The Balaban J connectivity index is 3.87. The largest absolute Gasteiger partial charge is 0.393 e. The number of rotatable bonds is 9. The van der Waals surface area contributed by atoms with Gasteiger partial charge in [0.05, 0.1) is 12.2 Å². The van der Waals surface area contributed by atoms with E-state index in [0.29, 0.717) is 11.8 Å². The van der Waals surface area contributed by atoms with Crippen molar-refractivity contribution in [2.24, 2.45) is 11.8 Å². The van der Waals surface area contributed by atoms with E-state index >= 15 is 0 Å². The Bertz CT molecular complexity index is 137. The van der Waals surface area contributed by atoms with Crippen LogP contribution in [0.15, 0.2) is 0 Å². The van der Waals surface area contributed by atoms with Crippen molar-refractivity contribution in [3.8, 4) is 0 Å². The number of aliphatic hydroxyl groups excluding tert-OH is 2. The van der Waals surface area contributed by atoms with E-state index < -0.39 is 0 Å². The fraction of sp³-hybridized carbons (Fsp3) is 1.00. The van der Waals surface area contributed by atoms with Crippen LogP contribution in [0.3, 0.4) is 0 Å². The van der Waals surface area contributed by atoms with Crippen LogP contribution in [0.4, 0.5) is 0 Å². The summed E-state index contributed by atoms with van der Waals surface area (Å²) >= 11 is 0. The van der Waals surface area contributed by atoms with Crippen LogP contribution in [0, 0.1) is 11.8 Å². The fourth-order valence-corrected chi connectivity index (χ4v) is 2.41. The smallest absolute Gasteiger partial charge is 0.0514 e. The maximum absolute atomic E-state index is 9.38. The minimum Gasteiger partial charge on any atom is -0.393 e. The zero-order valence-corrected chi connectivity index (χ0v) is 11.4. The van der Waals surface area contributed by atoms with Crippen LogP contribution in [0.2, 0.25) is 0 Å². The van der Waals surface area contributed by atoms with Crippen LogP contribution in [0.25, 0.3) is 0 Å². The van der Waals surface area contributed by atoms with E-state index in [0.717, 1.165) is 25.7 Å². The average molecular weight is 230 g/mol. The summed E-state index contributed by atoms with van der Waals surface area (Å²) in [4.78, 5) is 0. The molecular weight excluding hydrogens is 200 g/mol. The lowest BCUT2D eigenvalue weighted by Gasteiger charge is -2.21. The monoisotopic (exact) mass is 230 g/mol. The zero-order chi connectivity index (χ0) is 12.6. The molecule has 0 spiro atoms. The Morgan fingerprint density at radius 1 is 0.750 bits per heavy atom. The van der Waals surface area contributed by atoms with Crippen LogP contribution in [0.1, 0.15) is 66.2 Å². The van der Waals surface area contributed by atoms with E-state index in [-0.39, 0.29) is 12.2 Å². The summed E-state index contributed by atoms with van der Waals surface area (Å²) in [7, 11) is 0. The summed E-state index contributed by atoms with van der Waals surface area (Å²) in [6.07, 6.45) is 6.15. The Kier molecular flexibility index (Phi) is 8.96. The van der Waals surface area contributed by atoms with E-state index in [9.17, 15) is 10.2 Å². The lowest BCUT2D eigenvalue weighted by Crippen LogP contribution is -2.14. The topological polar surface area (TPSA) is 40.5 Å². The van der Waals surface area contributed by atoms with Crippen molar-refractivity contribution in [3.05, 3.63) is 0 Å². The van der Waals surface area contributed by atoms with Gasteiger partial charge in [0.25, 0.3) is 0 Å². The van der Waals surface area contributed by atoms with Crippen molar-refractivity contribution in [3.63, 3.8) is 0 Å². The van der Waals surface area contributed by atoms with Crippen LogP contribution in [-0.4, -0.2) is 22.4 Å². The molecule has 16 heavy (non-hydrogen) atoms. The highest BCUT2D eigenvalue weighted by molar-refractivity contribution is 4.66. The number of hydrogen-bond acceptors (Lipinski definition) is 2. The van der Waals surface area contributed by atoms with Crippen LogP contribution in [0.5, 0.6) is 0 Å². The Labute approximate surface area is 101 Å².